The molecule has 0 bridgehead atoms. The van der Waals surface area contributed by atoms with Gasteiger partial charge in [0.15, 0.2) is 6.29 Å². The molecule has 0 N–H and O–H groups in total. The monoisotopic (exact) mass is 366 g/mol. The van der Waals surface area contributed by atoms with E-state index in [1.54, 1.807) is 6.07 Å². The largest absolute Gasteiger partial charge is 0.450 e. The van der Waals surface area contributed by atoms with E-state index in [0.29, 0.717) is 16.3 Å². The summed E-state index contributed by atoms with van der Waals surface area (Å²) in [5.74, 6) is 0.0389. The molecule has 0 aromatic heterocycles. The third kappa shape index (κ3) is 3.26. The van der Waals surface area contributed by atoms with E-state index < -0.39 is 21.2 Å². The van der Waals surface area contributed by atoms with Gasteiger partial charge in [-0.05, 0) is 24.3 Å². The quantitative estimate of drug-likeness (QED) is 0.450. The van der Waals surface area contributed by atoms with Gasteiger partial charge in [-0.15, -0.1) is 0 Å². The van der Waals surface area contributed by atoms with Gasteiger partial charge in [-0.1, -0.05) is 15.9 Å². The molecule has 0 aliphatic heterocycles. The van der Waals surface area contributed by atoms with Crippen LogP contribution in [0.25, 0.3) is 0 Å². The molecule has 0 spiro atoms. The fraction of sp³-hybridized carbons (Fsp3) is 0. The Kier molecular flexibility index (Phi) is 4.47. The molecule has 0 fully saturated rings. The lowest BCUT2D eigenvalue weighted by Gasteiger charge is -2.07. The third-order valence-corrected chi connectivity index (χ3v) is 3.39. The van der Waals surface area contributed by atoms with Gasteiger partial charge >= 0.3 is 5.69 Å². The Bertz CT molecular complexity index is 777. The normalized spacial score (nSPS) is 10.0. The fourth-order valence-corrected chi connectivity index (χ4v) is 1.99. The lowest BCUT2D eigenvalue weighted by molar-refractivity contribution is -0.394. The van der Waals surface area contributed by atoms with Crippen LogP contribution in [0.4, 0.5) is 11.4 Å². The number of hydrogen-bond acceptors (Lipinski definition) is 6. The number of aldehydes is 1. The van der Waals surface area contributed by atoms with Crippen molar-refractivity contribution >= 4 is 33.6 Å². The van der Waals surface area contributed by atoms with Crippen molar-refractivity contribution < 1.29 is 19.4 Å². The molecule has 8 nitrogen and oxygen atoms in total. The molecule has 0 radical (unpaired) electrons. The van der Waals surface area contributed by atoms with Crippen LogP contribution in [0, 0.1) is 20.2 Å². The van der Waals surface area contributed by atoms with Gasteiger partial charge in [0.2, 0.25) is 5.75 Å². The summed E-state index contributed by atoms with van der Waals surface area (Å²) in [5, 5.41) is 21.7. The molecular weight excluding hydrogens is 360 g/mol. The van der Waals surface area contributed by atoms with Crippen LogP contribution in [0.1, 0.15) is 10.4 Å². The van der Waals surface area contributed by atoms with Gasteiger partial charge in [0, 0.05) is 16.1 Å². The highest BCUT2D eigenvalue weighted by atomic mass is 79.9. The molecule has 2 rings (SSSR count). The van der Waals surface area contributed by atoms with Gasteiger partial charge in [0.05, 0.1) is 15.9 Å². The summed E-state index contributed by atoms with van der Waals surface area (Å²) >= 11 is 3.17. The van der Waals surface area contributed by atoms with Crippen LogP contribution in [0.3, 0.4) is 0 Å². The molecule has 112 valence electrons. The van der Waals surface area contributed by atoms with Gasteiger partial charge in [-0.25, -0.2) is 0 Å². The second kappa shape index (κ2) is 6.31. The Morgan fingerprint density at radius 2 is 1.77 bits per heavy atom. The zero-order chi connectivity index (χ0) is 16.3. The van der Waals surface area contributed by atoms with Gasteiger partial charge in [0.25, 0.3) is 5.69 Å². The minimum atomic E-state index is -0.776. The highest BCUT2D eigenvalue weighted by Gasteiger charge is 2.21. The van der Waals surface area contributed by atoms with Crippen molar-refractivity contribution in [3.05, 3.63) is 66.7 Å². The maximum absolute atomic E-state index is 11.0. The molecule has 22 heavy (non-hydrogen) atoms. The Morgan fingerprint density at radius 3 is 2.36 bits per heavy atom. The van der Waals surface area contributed by atoms with Crippen molar-refractivity contribution in [1.29, 1.82) is 0 Å². The van der Waals surface area contributed by atoms with Crippen LogP contribution in [0.15, 0.2) is 40.9 Å². The molecule has 0 aliphatic carbocycles. The molecule has 0 unspecified atom stereocenters. The fourth-order valence-electron chi connectivity index (χ4n) is 1.65. The Hall–Kier alpha value is -2.81. The maximum atomic E-state index is 11.0. The van der Waals surface area contributed by atoms with Crippen LogP contribution in [-0.4, -0.2) is 16.1 Å². The van der Waals surface area contributed by atoms with E-state index in [2.05, 4.69) is 15.9 Å². The molecule has 0 saturated heterocycles. The van der Waals surface area contributed by atoms with Crippen molar-refractivity contribution in [3.63, 3.8) is 0 Å². The number of halogens is 1. The second-order valence-electron chi connectivity index (χ2n) is 4.07. The maximum Gasteiger partial charge on any atom is 0.318 e. The molecule has 0 aliphatic rings. The van der Waals surface area contributed by atoms with E-state index in [9.17, 15) is 25.0 Å². The van der Waals surface area contributed by atoms with Gasteiger partial charge < -0.3 is 4.74 Å². The van der Waals surface area contributed by atoms with E-state index in [4.69, 9.17) is 4.74 Å². The Morgan fingerprint density at radius 1 is 1.05 bits per heavy atom. The Labute approximate surface area is 131 Å². The molecule has 0 atom stereocenters. The van der Waals surface area contributed by atoms with Crippen molar-refractivity contribution in [2.24, 2.45) is 0 Å². The number of nitrogens with zero attached hydrogens (tertiary/aromatic N) is 2. The number of ether oxygens (including phenoxy) is 1. The van der Waals surface area contributed by atoms with Gasteiger partial charge in [-0.3, -0.25) is 25.0 Å². The van der Waals surface area contributed by atoms with E-state index in [1.165, 1.54) is 12.1 Å². The summed E-state index contributed by atoms with van der Waals surface area (Å²) in [6.45, 7) is 0. The number of rotatable bonds is 5. The van der Waals surface area contributed by atoms with E-state index in [-0.39, 0.29) is 11.5 Å². The lowest BCUT2D eigenvalue weighted by atomic mass is 10.2. The molecule has 2 aromatic rings. The zero-order valence-corrected chi connectivity index (χ0v) is 12.3. The Balaban J connectivity index is 2.42. The number of carbonyl (C=O) groups excluding carboxylic acids is 1. The SMILES string of the molecule is O=Cc1cc(Oc2ccc([N+](=O)[O-])cc2[N+](=O)[O-])ccc1Br. The van der Waals surface area contributed by atoms with Crippen molar-refractivity contribution in [2.45, 2.75) is 0 Å². The molecule has 2 aromatic carbocycles. The standard InChI is InChI=1S/C13H7BrN2O6/c14-11-3-2-10(5-8(11)7-17)22-13-4-1-9(15(18)19)6-12(13)16(20)21/h1-7H. The second-order valence-corrected chi connectivity index (χ2v) is 4.92. The first-order chi connectivity index (χ1) is 10.4. The van der Waals surface area contributed by atoms with Crippen molar-refractivity contribution in [3.8, 4) is 11.5 Å². The van der Waals surface area contributed by atoms with E-state index >= 15 is 0 Å². The molecule has 0 amide bonds. The van der Waals surface area contributed by atoms with E-state index in [0.717, 1.165) is 18.2 Å². The summed E-state index contributed by atoms with van der Waals surface area (Å²) in [4.78, 5) is 31.0. The van der Waals surface area contributed by atoms with Crippen LogP contribution in [-0.2, 0) is 0 Å². The molecular formula is C13H7BrN2O6. The van der Waals surface area contributed by atoms with Crippen LogP contribution >= 0.6 is 15.9 Å². The third-order valence-electron chi connectivity index (χ3n) is 2.67. The number of nitro groups is 2. The summed E-state index contributed by atoms with van der Waals surface area (Å²) in [6, 6.07) is 7.50. The summed E-state index contributed by atoms with van der Waals surface area (Å²) in [6.07, 6.45) is 0.598. The first kappa shape index (κ1) is 15.6. The number of hydrogen-bond donors (Lipinski definition) is 0. The number of benzene rings is 2. The summed E-state index contributed by atoms with van der Waals surface area (Å²) in [5.41, 5.74) is -0.643. The first-order valence-electron chi connectivity index (χ1n) is 5.78. The van der Waals surface area contributed by atoms with Crippen LogP contribution in [0.2, 0.25) is 0 Å². The smallest absolute Gasteiger partial charge is 0.318 e. The molecule has 9 heteroatoms. The molecule has 0 saturated carbocycles. The topological polar surface area (TPSA) is 113 Å². The molecule has 0 heterocycles. The number of nitro benzene ring substituents is 2. The highest BCUT2D eigenvalue weighted by molar-refractivity contribution is 9.10. The summed E-state index contributed by atoms with van der Waals surface area (Å²) in [7, 11) is 0. The highest BCUT2D eigenvalue weighted by Crippen LogP contribution is 2.35. The van der Waals surface area contributed by atoms with Crippen molar-refractivity contribution in [1.82, 2.24) is 0 Å². The predicted molar refractivity (Wildman–Crippen MR) is 79.4 cm³/mol. The average Bonchev–Trinajstić information content (AvgIpc) is 2.49. The average molecular weight is 367 g/mol. The van der Waals surface area contributed by atoms with Gasteiger partial charge in [0.1, 0.15) is 5.75 Å². The predicted octanol–water partition coefficient (Wildman–Crippen LogP) is 3.87. The van der Waals surface area contributed by atoms with E-state index in [1.807, 2.05) is 0 Å². The number of carbonyl (C=O) groups is 1. The summed E-state index contributed by atoms with van der Waals surface area (Å²) < 4.78 is 5.91. The minimum Gasteiger partial charge on any atom is -0.450 e. The minimum absolute atomic E-state index is 0.158. The van der Waals surface area contributed by atoms with Crippen LogP contribution in [0.5, 0.6) is 11.5 Å². The zero-order valence-electron chi connectivity index (χ0n) is 10.8. The van der Waals surface area contributed by atoms with Crippen molar-refractivity contribution in [2.75, 3.05) is 0 Å². The first-order valence-corrected chi connectivity index (χ1v) is 6.57. The van der Waals surface area contributed by atoms with Gasteiger partial charge in [-0.2, -0.15) is 0 Å². The lowest BCUT2D eigenvalue weighted by Crippen LogP contribution is -1.96. The van der Waals surface area contributed by atoms with Crippen LogP contribution < -0.4 is 4.74 Å². The number of non-ortho nitro benzene ring substituents is 1.